The fourth-order valence-corrected chi connectivity index (χ4v) is 2.28. The van der Waals surface area contributed by atoms with Crippen molar-refractivity contribution in [3.63, 3.8) is 0 Å². The highest BCUT2D eigenvalue weighted by molar-refractivity contribution is 5.08. The van der Waals surface area contributed by atoms with Gasteiger partial charge in [0.2, 0.25) is 0 Å². The van der Waals surface area contributed by atoms with Gasteiger partial charge in [0.05, 0.1) is 11.4 Å². The molecule has 0 aromatic carbocycles. The zero-order valence-electron chi connectivity index (χ0n) is 10.7. The molecule has 0 spiro atoms. The van der Waals surface area contributed by atoms with Gasteiger partial charge in [0.1, 0.15) is 0 Å². The van der Waals surface area contributed by atoms with Gasteiger partial charge in [-0.2, -0.15) is 5.10 Å². The van der Waals surface area contributed by atoms with Crippen molar-refractivity contribution in [1.82, 2.24) is 15.1 Å². The predicted molar refractivity (Wildman–Crippen MR) is 66.2 cm³/mol. The van der Waals surface area contributed by atoms with Crippen LogP contribution in [-0.4, -0.2) is 16.3 Å². The number of aromatic nitrogens is 2. The van der Waals surface area contributed by atoms with Crippen molar-refractivity contribution in [3.05, 3.63) is 17.5 Å². The van der Waals surface area contributed by atoms with Crippen LogP contribution in [0.1, 0.15) is 38.1 Å². The van der Waals surface area contributed by atoms with Crippen LogP contribution in [-0.2, 0) is 13.1 Å². The second kappa shape index (κ2) is 5.00. The molecule has 3 nitrogen and oxygen atoms in total. The Balaban J connectivity index is 1.79. The Morgan fingerprint density at radius 3 is 2.94 bits per heavy atom. The van der Waals surface area contributed by atoms with E-state index < -0.39 is 0 Å². The normalized spacial score (nSPS) is 17.7. The van der Waals surface area contributed by atoms with E-state index in [1.807, 2.05) is 0 Å². The molecular weight excluding hydrogens is 198 g/mol. The maximum atomic E-state index is 4.45. The van der Waals surface area contributed by atoms with E-state index >= 15 is 0 Å². The molecule has 1 fully saturated rings. The van der Waals surface area contributed by atoms with Crippen LogP contribution in [0.15, 0.2) is 6.07 Å². The number of hydrogen-bond donors (Lipinski definition) is 1. The van der Waals surface area contributed by atoms with Crippen molar-refractivity contribution in [2.24, 2.45) is 11.8 Å². The molecule has 1 unspecified atom stereocenters. The number of rotatable bonds is 6. The molecule has 1 aromatic heterocycles. The summed E-state index contributed by atoms with van der Waals surface area (Å²) >= 11 is 0. The molecule has 0 amide bonds. The van der Waals surface area contributed by atoms with E-state index in [-0.39, 0.29) is 0 Å². The van der Waals surface area contributed by atoms with Gasteiger partial charge in [-0.15, -0.1) is 0 Å². The largest absolute Gasteiger partial charge is 0.311 e. The zero-order valence-corrected chi connectivity index (χ0v) is 10.7. The molecule has 1 N–H and O–H groups in total. The molecule has 1 heterocycles. The summed E-state index contributed by atoms with van der Waals surface area (Å²) < 4.78 is 2.09. The first-order valence-corrected chi connectivity index (χ1v) is 6.44. The van der Waals surface area contributed by atoms with Crippen LogP contribution in [0, 0.1) is 18.8 Å². The molecule has 0 radical (unpaired) electrons. The first-order chi connectivity index (χ1) is 7.70. The lowest BCUT2D eigenvalue weighted by molar-refractivity contribution is 0.453. The highest BCUT2D eigenvalue weighted by Gasteiger charge is 2.27. The Kier molecular flexibility index (Phi) is 3.64. The third kappa shape index (κ3) is 2.85. The molecule has 1 atom stereocenters. The monoisotopic (exact) mass is 221 g/mol. The average molecular weight is 221 g/mol. The molecule has 16 heavy (non-hydrogen) atoms. The van der Waals surface area contributed by atoms with Gasteiger partial charge in [-0.05, 0) is 51.1 Å². The minimum Gasteiger partial charge on any atom is -0.311 e. The first-order valence-electron chi connectivity index (χ1n) is 6.44. The van der Waals surface area contributed by atoms with Gasteiger partial charge in [0, 0.05) is 13.1 Å². The summed E-state index contributed by atoms with van der Waals surface area (Å²) in [6, 6.07) is 2.18. The zero-order chi connectivity index (χ0) is 11.5. The quantitative estimate of drug-likeness (QED) is 0.799. The van der Waals surface area contributed by atoms with Crippen molar-refractivity contribution in [1.29, 1.82) is 0 Å². The maximum Gasteiger partial charge on any atom is 0.0597 e. The van der Waals surface area contributed by atoms with Gasteiger partial charge < -0.3 is 5.32 Å². The highest BCUT2D eigenvalue weighted by Crippen LogP contribution is 2.36. The van der Waals surface area contributed by atoms with Crippen molar-refractivity contribution >= 4 is 0 Å². The van der Waals surface area contributed by atoms with Gasteiger partial charge in [0.25, 0.3) is 0 Å². The number of nitrogens with one attached hydrogen (secondary N) is 1. The Bertz CT molecular complexity index is 339. The second-order valence-corrected chi connectivity index (χ2v) is 5.04. The van der Waals surface area contributed by atoms with E-state index in [0.717, 1.165) is 37.2 Å². The summed E-state index contributed by atoms with van der Waals surface area (Å²) in [4.78, 5) is 0. The van der Waals surface area contributed by atoms with Crippen molar-refractivity contribution in [2.75, 3.05) is 6.54 Å². The minimum atomic E-state index is 0.832. The van der Waals surface area contributed by atoms with Crippen LogP contribution in [0.25, 0.3) is 0 Å². The Morgan fingerprint density at radius 2 is 2.31 bits per heavy atom. The molecule has 0 saturated heterocycles. The molecule has 90 valence electrons. The fourth-order valence-electron chi connectivity index (χ4n) is 2.28. The van der Waals surface area contributed by atoms with Crippen molar-refractivity contribution < 1.29 is 0 Å². The summed E-state index contributed by atoms with van der Waals surface area (Å²) in [6.07, 6.45) is 2.88. The lowest BCUT2D eigenvalue weighted by Crippen LogP contribution is -2.23. The number of hydrogen-bond acceptors (Lipinski definition) is 2. The van der Waals surface area contributed by atoms with Crippen LogP contribution in [0.3, 0.4) is 0 Å². The predicted octanol–water partition coefficient (Wildman–Crippen LogP) is 2.35. The van der Waals surface area contributed by atoms with Gasteiger partial charge >= 0.3 is 0 Å². The SMILES string of the molecule is CCn1nc(C)cc1CNCC(C)C1CC1. The van der Waals surface area contributed by atoms with Crippen molar-refractivity contribution in [2.45, 2.75) is 46.7 Å². The molecule has 1 aliphatic carbocycles. The lowest BCUT2D eigenvalue weighted by Gasteiger charge is -2.11. The van der Waals surface area contributed by atoms with Crippen LogP contribution in [0.2, 0.25) is 0 Å². The molecular formula is C13H23N3. The van der Waals surface area contributed by atoms with Gasteiger partial charge in [-0.3, -0.25) is 4.68 Å². The summed E-state index contributed by atoms with van der Waals surface area (Å²) in [5.74, 6) is 1.82. The maximum absolute atomic E-state index is 4.45. The van der Waals surface area contributed by atoms with E-state index in [1.165, 1.54) is 18.5 Å². The molecule has 0 aliphatic heterocycles. The summed E-state index contributed by atoms with van der Waals surface area (Å²) in [6.45, 7) is 9.60. The van der Waals surface area contributed by atoms with Gasteiger partial charge in [-0.25, -0.2) is 0 Å². The molecule has 3 heteroatoms. The first kappa shape index (κ1) is 11.6. The molecule has 2 rings (SSSR count). The van der Waals surface area contributed by atoms with Gasteiger partial charge in [-0.1, -0.05) is 6.92 Å². The summed E-state index contributed by atoms with van der Waals surface area (Å²) in [7, 11) is 0. The highest BCUT2D eigenvalue weighted by atomic mass is 15.3. The molecule has 1 saturated carbocycles. The summed E-state index contributed by atoms with van der Waals surface area (Å²) in [5.41, 5.74) is 2.43. The van der Waals surface area contributed by atoms with Crippen LogP contribution in [0.5, 0.6) is 0 Å². The fraction of sp³-hybridized carbons (Fsp3) is 0.769. The van der Waals surface area contributed by atoms with Crippen molar-refractivity contribution in [3.8, 4) is 0 Å². The minimum absolute atomic E-state index is 0.832. The third-order valence-electron chi connectivity index (χ3n) is 3.48. The number of nitrogens with zero attached hydrogens (tertiary/aromatic N) is 2. The van der Waals surface area contributed by atoms with Crippen LogP contribution in [0.4, 0.5) is 0 Å². The Hall–Kier alpha value is -0.830. The molecule has 1 aromatic rings. The lowest BCUT2D eigenvalue weighted by atomic mass is 10.1. The number of aryl methyl sites for hydroxylation is 2. The molecule has 0 bridgehead atoms. The average Bonchev–Trinajstić information content (AvgIpc) is 3.03. The van der Waals surface area contributed by atoms with E-state index in [4.69, 9.17) is 0 Å². The van der Waals surface area contributed by atoms with Gasteiger partial charge in [0.15, 0.2) is 0 Å². The summed E-state index contributed by atoms with van der Waals surface area (Å²) in [5, 5.41) is 8.00. The standard InChI is InChI=1S/C13H23N3/c1-4-16-13(7-11(3)15-16)9-14-8-10(2)12-5-6-12/h7,10,12,14H,4-6,8-9H2,1-3H3. The van der Waals surface area contributed by atoms with E-state index in [2.05, 4.69) is 41.9 Å². The molecule has 1 aliphatic rings. The van der Waals surface area contributed by atoms with Crippen LogP contribution >= 0.6 is 0 Å². The Labute approximate surface area is 98.2 Å². The van der Waals surface area contributed by atoms with Crippen LogP contribution < -0.4 is 5.32 Å². The van der Waals surface area contributed by atoms with E-state index in [1.54, 1.807) is 0 Å². The smallest absolute Gasteiger partial charge is 0.0597 e. The topological polar surface area (TPSA) is 29.9 Å². The van der Waals surface area contributed by atoms with E-state index in [0.29, 0.717) is 0 Å². The van der Waals surface area contributed by atoms with E-state index in [9.17, 15) is 0 Å². The third-order valence-corrected chi connectivity index (χ3v) is 3.48. The second-order valence-electron chi connectivity index (χ2n) is 5.04. The Morgan fingerprint density at radius 1 is 1.56 bits per heavy atom.